The van der Waals surface area contributed by atoms with E-state index < -0.39 is 0 Å². The predicted octanol–water partition coefficient (Wildman–Crippen LogP) is 4.42. The van der Waals surface area contributed by atoms with E-state index in [2.05, 4.69) is 42.1 Å². The number of hydrogen-bond acceptors (Lipinski definition) is 6. The molecule has 1 saturated heterocycles. The minimum Gasteiger partial charge on any atom is -0.469 e. The molecule has 1 saturated carbocycles. The number of hydrogen-bond donors (Lipinski definition) is 3. The maximum atomic E-state index is 13.4. The first-order chi connectivity index (χ1) is 17.1. The van der Waals surface area contributed by atoms with Gasteiger partial charge in [0, 0.05) is 48.2 Å². The summed E-state index contributed by atoms with van der Waals surface area (Å²) < 4.78 is 24.5. The lowest BCUT2D eigenvalue weighted by Crippen LogP contribution is -2.40. The van der Waals surface area contributed by atoms with Crippen LogP contribution in [0.2, 0.25) is 0 Å². The molecule has 0 aromatic carbocycles. The number of halogens is 1. The zero-order valence-electron chi connectivity index (χ0n) is 20.2. The third kappa shape index (κ3) is 6.92. The third-order valence-electron chi connectivity index (χ3n) is 5.81. The maximum absolute atomic E-state index is 13.4. The second kappa shape index (κ2) is 11.7. The van der Waals surface area contributed by atoms with E-state index in [1.165, 1.54) is 12.8 Å². The first-order valence-electron chi connectivity index (χ1n) is 11.7. The fourth-order valence-corrected chi connectivity index (χ4v) is 3.79. The summed E-state index contributed by atoms with van der Waals surface area (Å²) in [6.45, 7) is 10.1. The van der Waals surface area contributed by atoms with Crippen LogP contribution in [0.4, 0.5) is 10.2 Å². The van der Waals surface area contributed by atoms with Gasteiger partial charge in [-0.1, -0.05) is 0 Å². The molecule has 2 aliphatic rings. The summed E-state index contributed by atoms with van der Waals surface area (Å²) in [5, 5.41) is 10.6. The van der Waals surface area contributed by atoms with Gasteiger partial charge in [0.05, 0.1) is 13.2 Å². The molecule has 0 amide bonds. The average molecular weight is 482 g/mol. The van der Waals surface area contributed by atoms with Crippen molar-refractivity contribution in [3.63, 3.8) is 0 Å². The Balaban J connectivity index is 1.44. The van der Waals surface area contributed by atoms with Crippen LogP contribution in [0.25, 0.3) is 6.08 Å². The molecule has 0 radical (unpaired) electrons. The molecule has 0 spiro atoms. The van der Waals surface area contributed by atoms with Crippen LogP contribution in [0.5, 0.6) is 0 Å². The monoisotopic (exact) mass is 481 g/mol. The lowest BCUT2D eigenvalue weighted by Gasteiger charge is -2.28. The normalized spacial score (nSPS) is 17.8. The molecular formula is C25H32FN7O2. The Hall–Kier alpha value is -3.66. The molecule has 0 bridgehead atoms. The van der Waals surface area contributed by atoms with E-state index in [-0.39, 0.29) is 12.5 Å². The molecule has 35 heavy (non-hydrogen) atoms. The van der Waals surface area contributed by atoms with Crippen molar-refractivity contribution in [2.45, 2.75) is 32.6 Å². The number of rotatable bonds is 10. The van der Waals surface area contributed by atoms with Gasteiger partial charge in [0.15, 0.2) is 12.5 Å². The Labute approximate surface area is 204 Å². The van der Waals surface area contributed by atoms with Gasteiger partial charge in [0.25, 0.3) is 0 Å². The maximum Gasteiger partial charge on any atom is 0.181 e. The zero-order chi connectivity index (χ0) is 24.6. The van der Waals surface area contributed by atoms with Gasteiger partial charge in [-0.05, 0) is 57.2 Å². The molecule has 4 rings (SSSR count). The molecular weight excluding hydrogens is 449 g/mol. The number of anilines is 1. The summed E-state index contributed by atoms with van der Waals surface area (Å²) in [6.07, 6.45) is 7.94. The van der Waals surface area contributed by atoms with Gasteiger partial charge in [0.2, 0.25) is 0 Å². The van der Waals surface area contributed by atoms with Crippen molar-refractivity contribution in [2.24, 2.45) is 9.98 Å². The van der Waals surface area contributed by atoms with E-state index >= 15 is 0 Å². The highest BCUT2D eigenvalue weighted by molar-refractivity contribution is 5.94. The number of aliphatic imine (C=N–C) groups is 2. The molecule has 2 fully saturated rings. The van der Waals surface area contributed by atoms with E-state index in [0.29, 0.717) is 56.0 Å². The smallest absolute Gasteiger partial charge is 0.181 e. The number of nitrogens with one attached hydrogen (secondary N) is 3. The number of amidine groups is 1. The van der Waals surface area contributed by atoms with Crippen LogP contribution in [0.1, 0.15) is 41.4 Å². The quantitative estimate of drug-likeness (QED) is 0.202. The Morgan fingerprint density at radius 3 is 2.80 bits per heavy atom. The number of aryl methyl sites for hydroxylation is 2. The highest BCUT2D eigenvalue weighted by atomic mass is 19.1. The SMILES string of the molecule is C=N/C(=C\C(=N/COC(/C=C\c1[nH]c(C)cc1C)=C\F)N1CCOCC1)Nc1cc(C2CC2)[nH]n1. The Kier molecular flexibility index (Phi) is 8.15. The minimum atomic E-state index is -0.0648. The fraction of sp³-hybridized carbons (Fsp3) is 0.400. The summed E-state index contributed by atoms with van der Waals surface area (Å²) in [5.41, 5.74) is 4.14. The first kappa shape index (κ1) is 24.5. The van der Waals surface area contributed by atoms with Crippen molar-refractivity contribution < 1.29 is 13.9 Å². The van der Waals surface area contributed by atoms with Gasteiger partial charge in [-0.2, -0.15) is 5.10 Å². The molecule has 2 aromatic rings. The van der Waals surface area contributed by atoms with Crippen molar-refractivity contribution in [3.05, 3.63) is 64.8 Å². The molecule has 0 unspecified atom stereocenters. The second-order valence-corrected chi connectivity index (χ2v) is 8.58. The van der Waals surface area contributed by atoms with Crippen molar-refractivity contribution in [3.8, 4) is 0 Å². The van der Waals surface area contributed by atoms with E-state index in [4.69, 9.17) is 9.47 Å². The van der Waals surface area contributed by atoms with Crippen LogP contribution >= 0.6 is 0 Å². The number of H-pyrrole nitrogens is 2. The molecule has 1 aliphatic heterocycles. The summed E-state index contributed by atoms with van der Waals surface area (Å²) in [4.78, 5) is 14.0. The molecule has 3 N–H and O–H groups in total. The number of morpholine rings is 1. The Morgan fingerprint density at radius 1 is 1.34 bits per heavy atom. The van der Waals surface area contributed by atoms with Gasteiger partial charge in [-0.3, -0.25) is 5.10 Å². The Morgan fingerprint density at radius 2 is 2.14 bits per heavy atom. The second-order valence-electron chi connectivity index (χ2n) is 8.58. The molecule has 10 heteroatoms. The highest BCUT2D eigenvalue weighted by Gasteiger charge is 2.25. The van der Waals surface area contributed by atoms with E-state index in [1.54, 1.807) is 18.2 Å². The number of aromatic nitrogens is 3. The summed E-state index contributed by atoms with van der Waals surface area (Å²) in [5.74, 6) is 2.46. The number of allylic oxidation sites excluding steroid dienone is 1. The summed E-state index contributed by atoms with van der Waals surface area (Å²) in [7, 11) is 0. The van der Waals surface area contributed by atoms with Crippen LogP contribution in [0.3, 0.4) is 0 Å². The number of aromatic amines is 2. The minimum absolute atomic E-state index is 0.0648. The molecule has 2 aromatic heterocycles. The molecule has 0 atom stereocenters. The van der Waals surface area contributed by atoms with Gasteiger partial charge in [-0.15, -0.1) is 0 Å². The van der Waals surface area contributed by atoms with Crippen LogP contribution in [0.15, 0.2) is 52.2 Å². The lowest BCUT2D eigenvalue weighted by atomic mass is 10.2. The standard InChI is InChI=1S/C25H32FN7O2/c1-17-12-18(2)29-21(17)7-6-20(15-26)35-16-28-25(33-8-10-34-11-9-33)14-23(27-3)30-24-13-22(31-32-24)19-4-5-19/h6-7,12-15,19,29H,3-5,8-11,16H2,1-2H3,(H2,30,31,32)/b7-6-,20-15-,23-14+,28-25+. The van der Waals surface area contributed by atoms with E-state index in [0.717, 1.165) is 22.6 Å². The number of nitrogens with zero attached hydrogens (tertiary/aromatic N) is 4. The highest BCUT2D eigenvalue weighted by Crippen LogP contribution is 2.39. The van der Waals surface area contributed by atoms with Crippen molar-refractivity contribution in [1.29, 1.82) is 0 Å². The first-order valence-corrected chi connectivity index (χ1v) is 11.7. The topological polar surface area (TPSA) is 103 Å². The van der Waals surface area contributed by atoms with Crippen molar-refractivity contribution in [1.82, 2.24) is 20.1 Å². The van der Waals surface area contributed by atoms with Crippen molar-refractivity contribution in [2.75, 3.05) is 38.4 Å². The van der Waals surface area contributed by atoms with Gasteiger partial charge in [0.1, 0.15) is 23.7 Å². The molecule has 9 nitrogen and oxygen atoms in total. The van der Waals surface area contributed by atoms with Gasteiger partial charge >= 0.3 is 0 Å². The average Bonchev–Trinajstić information content (AvgIpc) is 3.53. The third-order valence-corrected chi connectivity index (χ3v) is 5.81. The zero-order valence-corrected chi connectivity index (χ0v) is 20.2. The Bertz CT molecular complexity index is 1130. The molecule has 186 valence electrons. The van der Waals surface area contributed by atoms with Crippen LogP contribution < -0.4 is 5.32 Å². The predicted molar refractivity (Wildman–Crippen MR) is 136 cm³/mol. The fourth-order valence-electron chi connectivity index (χ4n) is 3.79. The molecule has 3 heterocycles. The van der Waals surface area contributed by atoms with E-state index in [1.807, 2.05) is 26.0 Å². The summed E-state index contributed by atoms with van der Waals surface area (Å²) in [6, 6.07) is 4.02. The van der Waals surface area contributed by atoms with E-state index in [9.17, 15) is 4.39 Å². The van der Waals surface area contributed by atoms with Crippen LogP contribution in [-0.4, -0.2) is 65.7 Å². The number of ether oxygens (including phenoxy) is 2. The summed E-state index contributed by atoms with van der Waals surface area (Å²) >= 11 is 0. The van der Waals surface area contributed by atoms with Gasteiger partial charge < -0.3 is 24.7 Å². The lowest BCUT2D eigenvalue weighted by molar-refractivity contribution is 0.0679. The molecule has 1 aliphatic carbocycles. The van der Waals surface area contributed by atoms with Crippen molar-refractivity contribution >= 4 is 24.4 Å². The van der Waals surface area contributed by atoms with Gasteiger partial charge in [-0.25, -0.2) is 14.4 Å². The largest absolute Gasteiger partial charge is 0.469 e. The van der Waals surface area contributed by atoms with Crippen LogP contribution in [0, 0.1) is 13.8 Å². The van der Waals surface area contributed by atoms with Crippen LogP contribution in [-0.2, 0) is 9.47 Å².